The number of hydrogen-bond acceptors (Lipinski definition) is 3. The van der Waals surface area contributed by atoms with Gasteiger partial charge in [0.1, 0.15) is 0 Å². The Hall–Kier alpha value is -0.130. The summed E-state index contributed by atoms with van der Waals surface area (Å²) >= 11 is 0. The zero-order valence-electron chi connectivity index (χ0n) is 12.8. The Morgan fingerprint density at radius 3 is 2.57 bits per heavy atom. The first-order chi connectivity index (χ1) is 10.1. The van der Waals surface area contributed by atoms with Crippen LogP contribution in [-0.2, 0) is 14.8 Å². The number of hydrogen-bond donors (Lipinski definition) is 1. The van der Waals surface area contributed by atoms with Crippen LogP contribution >= 0.6 is 0 Å². The van der Waals surface area contributed by atoms with Gasteiger partial charge in [0.2, 0.25) is 10.0 Å². The van der Waals surface area contributed by atoms with E-state index in [0.717, 1.165) is 29.6 Å². The summed E-state index contributed by atoms with van der Waals surface area (Å²) in [5.41, 5.74) is 0. The van der Waals surface area contributed by atoms with Crippen molar-refractivity contribution >= 4 is 10.0 Å². The van der Waals surface area contributed by atoms with Crippen molar-refractivity contribution in [3.05, 3.63) is 0 Å². The summed E-state index contributed by atoms with van der Waals surface area (Å²) in [6, 6.07) is 0. The van der Waals surface area contributed by atoms with E-state index in [-0.39, 0.29) is 0 Å². The van der Waals surface area contributed by atoms with E-state index in [9.17, 15) is 8.42 Å². The van der Waals surface area contributed by atoms with Crippen LogP contribution < -0.4 is 4.72 Å². The third-order valence-electron chi connectivity index (χ3n) is 6.93. The van der Waals surface area contributed by atoms with E-state index in [1.54, 1.807) is 7.11 Å². The van der Waals surface area contributed by atoms with Crippen LogP contribution in [0.5, 0.6) is 0 Å². The standard InChI is InChI=1S/C16H27NO3S/c1-20-5-4-17-21(18,19)9-13-7-12-8-14(13)16-11-3-2-10(6-11)15(12)16/h10-17H,2-9H2,1H3. The SMILES string of the molecule is COCCNS(=O)(=O)CC1CC2CC1C1C3CCC(C3)C21. The molecule has 0 aliphatic heterocycles. The van der Waals surface area contributed by atoms with Gasteiger partial charge in [-0.05, 0) is 73.5 Å². The van der Waals surface area contributed by atoms with Crippen LogP contribution in [0.3, 0.4) is 0 Å². The van der Waals surface area contributed by atoms with Crippen molar-refractivity contribution in [3.8, 4) is 0 Å². The second-order valence-corrected chi connectivity index (χ2v) is 9.66. The summed E-state index contributed by atoms with van der Waals surface area (Å²) in [4.78, 5) is 0. The predicted molar refractivity (Wildman–Crippen MR) is 81.2 cm³/mol. The van der Waals surface area contributed by atoms with Crippen LogP contribution in [0.4, 0.5) is 0 Å². The fourth-order valence-corrected chi connectivity index (χ4v) is 7.99. The van der Waals surface area contributed by atoms with Crippen molar-refractivity contribution in [2.24, 2.45) is 41.4 Å². The fourth-order valence-electron chi connectivity index (χ4n) is 6.53. The molecule has 0 radical (unpaired) electrons. The van der Waals surface area contributed by atoms with Gasteiger partial charge in [-0.25, -0.2) is 13.1 Å². The van der Waals surface area contributed by atoms with Crippen molar-refractivity contribution in [1.82, 2.24) is 4.72 Å². The second kappa shape index (κ2) is 5.20. The molecule has 0 aromatic rings. The molecule has 0 amide bonds. The average Bonchev–Trinajstić information content (AvgIpc) is 3.16. The lowest BCUT2D eigenvalue weighted by atomic mass is 9.68. The highest BCUT2D eigenvalue weighted by molar-refractivity contribution is 7.89. The highest BCUT2D eigenvalue weighted by atomic mass is 32.2. The summed E-state index contributed by atoms with van der Waals surface area (Å²) in [5.74, 6) is 6.07. The van der Waals surface area contributed by atoms with E-state index < -0.39 is 10.0 Å². The van der Waals surface area contributed by atoms with E-state index in [1.165, 1.54) is 32.1 Å². The van der Waals surface area contributed by atoms with Crippen molar-refractivity contribution in [1.29, 1.82) is 0 Å². The highest BCUT2D eigenvalue weighted by Crippen LogP contribution is 2.68. The maximum atomic E-state index is 12.2. The smallest absolute Gasteiger partial charge is 0.211 e. The van der Waals surface area contributed by atoms with E-state index in [2.05, 4.69) is 4.72 Å². The van der Waals surface area contributed by atoms with Gasteiger partial charge in [-0.3, -0.25) is 0 Å². The number of sulfonamides is 1. The molecule has 4 nitrogen and oxygen atoms in total. The Kier molecular flexibility index (Phi) is 3.58. The molecule has 0 aromatic heterocycles. The molecule has 4 aliphatic rings. The summed E-state index contributed by atoms with van der Waals surface area (Å²) in [5, 5.41) is 0. The van der Waals surface area contributed by atoms with Gasteiger partial charge < -0.3 is 4.74 Å². The quantitative estimate of drug-likeness (QED) is 0.601. The van der Waals surface area contributed by atoms with Crippen molar-refractivity contribution in [2.45, 2.75) is 32.1 Å². The van der Waals surface area contributed by atoms with Gasteiger partial charge in [-0.1, -0.05) is 0 Å². The molecular weight excluding hydrogens is 286 g/mol. The van der Waals surface area contributed by atoms with Crippen LogP contribution in [-0.4, -0.2) is 34.4 Å². The lowest BCUT2D eigenvalue weighted by Gasteiger charge is -2.38. The Morgan fingerprint density at radius 1 is 1.05 bits per heavy atom. The van der Waals surface area contributed by atoms with Gasteiger partial charge >= 0.3 is 0 Å². The van der Waals surface area contributed by atoms with Gasteiger partial charge in [-0.15, -0.1) is 0 Å². The third-order valence-corrected chi connectivity index (χ3v) is 8.44. The Balaban J connectivity index is 1.40. The molecule has 4 bridgehead atoms. The van der Waals surface area contributed by atoms with Crippen LogP contribution in [0.15, 0.2) is 0 Å². The molecule has 4 rings (SSSR count). The molecule has 21 heavy (non-hydrogen) atoms. The Bertz CT molecular complexity index is 506. The van der Waals surface area contributed by atoms with E-state index in [0.29, 0.717) is 30.7 Å². The first kappa shape index (κ1) is 14.5. The minimum absolute atomic E-state index is 0.346. The topological polar surface area (TPSA) is 55.4 Å². The van der Waals surface area contributed by atoms with Crippen molar-refractivity contribution in [2.75, 3.05) is 26.0 Å². The zero-order valence-corrected chi connectivity index (χ0v) is 13.6. The van der Waals surface area contributed by atoms with Gasteiger partial charge in [0, 0.05) is 13.7 Å². The first-order valence-electron chi connectivity index (χ1n) is 8.55. The number of nitrogens with one attached hydrogen (secondary N) is 1. The summed E-state index contributed by atoms with van der Waals surface area (Å²) in [6.07, 6.45) is 6.81. The van der Waals surface area contributed by atoms with Crippen molar-refractivity contribution in [3.63, 3.8) is 0 Å². The Morgan fingerprint density at radius 2 is 1.81 bits per heavy atom. The maximum Gasteiger partial charge on any atom is 0.211 e. The van der Waals surface area contributed by atoms with E-state index in [1.807, 2.05) is 0 Å². The Labute approximate surface area is 128 Å². The van der Waals surface area contributed by atoms with Gasteiger partial charge in [0.05, 0.1) is 12.4 Å². The minimum Gasteiger partial charge on any atom is -0.383 e. The molecule has 120 valence electrons. The third kappa shape index (κ3) is 2.36. The van der Waals surface area contributed by atoms with Crippen molar-refractivity contribution < 1.29 is 13.2 Å². The maximum absolute atomic E-state index is 12.2. The van der Waals surface area contributed by atoms with Gasteiger partial charge in [0.25, 0.3) is 0 Å². The number of methoxy groups -OCH3 is 1. The zero-order chi connectivity index (χ0) is 14.6. The first-order valence-corrected chi connectivity index (χ1v) is 10.2. The summed E-state index contributed by atoms with van der Waals surface area (Å²) in [7, 11) is -1.53. The normalized spacial score (nSPS) is 47.2. The number of ether oxygens (including phenoxy) is 1. The van der Waals surface area contributed by atoms with Gasteiger partial charge in [0.15, 0.2) is 0 Å². The minimum atomic E-state index is -3.13. The van der Waals surface area contributed by atoms with Crippen LogP contribution in [0.1, 0.15) is 32.1 Å². The molecule has 4 fully saturated rings. The summed E-state index contributed by atoms with van der Waals surface area (Å²) in [6.45, 7) is 0.848. The molecule has 0 spiro atoms. The average molecular weight is 313 g/mol. The molecular formula is C16H27NO3S. The molecule has 7 unspecified atom stereocenters. The molecule has 7 atom stereocenters. The molecule has 1 N–H and O–H groups in total. The molecule has 5 heteroatoms. The fraction of sp³-hybridized carbons (Fsp3) is 1.00. The van der Waals surface area contributed by atoms with Crippen LogP contribution in [0.2, 0.25) is 0 Å². The molecule has 4 saturated carbocycles. The van der Waals surface area contributed by atoms with Crippen LogP contribution in [0.25, 0.3) is 0 Å². The van der Waals surface area contributed by atoms with E-state index in [4.69, 9.17) is 4.74 Å². The number of fused-ring (bicyclic) bond motifs is 9. The molecule has 0 saturated heterocycles. The lowest BCUT2D eigenvalue weighted by molar-refractivity contribution is 0.113. The highest BCUT2D eigenvalue weighted by Gasteiger charge is 2.62. The largest absolute Gasteiger partial charge is 0.383 e. The van der Waals surface area contributed by atoms with E-state index >= 15 is 0 Å². The van der Waals surface area contributed by atoms with Crippen LogP contribution in [0, 0.1) is 41.4 Å². The monoisotopic (exact) mass is 313 g/mol. The predicted octanol–water partition coefficient (Wildman–Crippen LogP) is 1.87. The number of rotatable bonds is 6. The molecule has 0 heterocycles. The van der Waals surface area contributed by atoms with Gasteiger partial charge in [-0.2, -0.15) is 0 Å². The summed E-state index contributed by atoms with van der Waals surface area (Å²) < 4.78 is 32.1. The molecule has 0 aromatic carbocycles. The molecule has 4 aliphatic carbocycles. The lowest BCUT2D eigenvalue weighted by Crippen LogP contribution is -2.38. The second-order valence-electron chi connectivity index (χ2n) is 7.81.